The standard InChI is InChI=1S/C13H18N4O4S/c1-2-6-13(17-16-7-8-20-17)9-15-10-4-3-5-11(12(10)21-13)22(14,18)19/h3-5,7-8,15-16H,2,6,9H2,1H3,(H2,14,18,19). The minimum absolute atomic E-state index is 0.0511. The van der Waals surface area contributed by atoms with Gasteiger partial charge in [0.15, 0.2) is 5.75 Å². The summed E-state index contributed by atoms with van der Waals surface area (Å²) in [6.45, 7) is 2.44. The molecule has 2 aliphatic heterocycles. The van der Waals surface area contributed by atoms with Crippen LogP contribution >= 0.6 is 0 Å². The molecule has 1 aromatic carbocycles. The summed E-state index contributed by atoms with van der Waals surface area (Å²) in [6, 6.07) is 4.79. The molecular formula is C13H18N4O4S. The van der Waals surface area contributed by atoms with Crippen molar-refractivity contribution in [3.05, 3.63) is 30.7 Å². The summed E-state index contributed by atoms with van der Waals surface area (Å²) >= 11 is 0. The number of hydrogen-bond donors (Lipinski definition) is 3. The minimum atomic E-state index is -3.89. The second-order valence-electron chi connectivity index (χ2n) is 5.16. The van der Waals surface area contributed by atoms with Crippen LogP contribution < -0.4 is 20.6 Å². The van der Waals surface area contributed by atoms with Crippen molar-refractivity contribution in [2.24, 2.45) is 5.14 Å². The molecule has 0 amide bonds. The maximum atomic E-state index is 11.8. The number of ether oxygens (including phenoxy) is 1. The number of benzene rings is 1. The van der Waals surface area contributed by atoms with E-state index < -0.39 is 15.7 Å². The van der Waals surface area contributed by atoms with E-state index >= 15 is 0 Å². The Hall–Kier alpha value is -1.97. The van der Waals surface area contributed by atoms with Crippen molar-refractivity contribution in [1.82, 2.24) is 10.6 Å². The van der Waals surface area contributed by atoms with Gasteiger partial charge in [-0.2, -0.15) is 0 Å². The van der Waals surface area contributed by atoms with E-state index in [2.05, 4.69) is 10.7 Å². The number of hydrogen-bond acceptors (Lipinski definition) is 7. The zero-order chi connectivity index (χ0) is 15.8. The number of rotatable bonds is 4. The quantitative estimate of drug-likeness (QED) is 0.753. The van der Waals surface area contributed by atoms with Crippen molar-refractivity contribution in [2.75, 3.05) is 11.9 Å². The van der Waals surface area contributed by atoms with E-state index in [1.165, 1.54) is 17.5 Å². The molecule has 0 aromatic heterocycles. The molecule has 22 heavy (non-hydrogen) atoms. The molecule has 1 atom stereocenters. The second-order valence-corrected chi connectivity index (χ2v) is 6.69. The first-order valence-electron chi connectivity index (χ1n) is 6.93. The molecule has 120 valence electrons. The molecule has 0 radical (unpaired) electrons. The van der Waals surface area contributed by atoms with Gasteiger partial charge in [-0.05, 0) is 17.3 Å². The van der Waals surface area contributed by atoms with Crippen LogP contribution in [0.25, 0.3) is 0 Å². The van der Waals surface area contributed by atoms with E-state index in [4.69, 9.17) is 14.7 Å². The molecule has 8 nitrogen and oxygen atoms in total. The molecule has 0 bridgehead atoms. The number of sulfonamides is 1. The maximum absolute atomic E-state index is 11.8. The smallest absolute Gasteiger partial charge is 0.241 e. The molecule has 0 fully saturated rings. The number of nitrogens with one attached hydrogen (secondary N) is 2. The number of fused-ring (bicyclic) bond motifs is 1. The van der Waals surface area contributed by atoms with Crippen molar-refractivity contribution in [3.63, 3.8) is 0 Å². The highest BCUT2D eigenvalue weighted by Crippen LogP contribution is 2.40. The normalized spacial score (nSPS) is 23.9. The Morgan fingerprint density at radius 1 is 1.45 bits per heavy atom. The zero-order valence-corrected chi connectivity index (χ0v) is 12.9. The van der Waals surface area contributed by atoms with Crippen LogP contribution in [0.4, 0.5) is 5.69 Å². The molecule has 2 heterocycles. The van der Waals surface area contributed by atoms with Gasteiger partial charge in [-0.3, -0.25) is 5.43 Å². The molecule has 9 heteroatoms. The highest BCUT2D eigenvalue weighted by atomic mass is 32.2. The Bertz CT molecular complexity index is 698. The molecule has 0 spiro atoms. The van der Waals surface area contributed by atoms with Crippen LogP contribution in [0.1, 0.15) is 19.8 Å². The summed E-state index contributed by atoms with van der Waals surface area (Å²) in [5.41, 5.74) is 2.63. The number of para-hydroxylation sites is 1. The van der Waals surface area contributed by atoms with Gasteiger partial charge < -0.3 is 14.9 Å². The largest absolute Gasteiger partial charge is 0.462 e. The maximum Gasteiger partial charge on any atom is 0.241 e. The van der Waals surface area contributed by atoms with Crippen molar-refractivity contribution in [2.45, 2.75) is 30.4 Å². The van der Waals surface area contributed by atoms with Crippen LogP contribution in [0.5, 0.6) is 5.75 Å². The van der Waals surface area contributed by atoms with Crippen LogP contribution in [0, 0.1) is 0 Å². The average molecular weight is 326 g/mol. The van der Waals surface area contributed by atoms with Crippen LogP contribution in [-0.2, 0) is 14.9 Å². The van der Waals surface area contributed by atoms with Crippen molar-refractivity contribution < 1.29 is 18.0 Å². The summed E-state index contributed by atoms with van der Waals surface area (Å²) in [5.74, 6) is 0.210. The Balaban J connectivity index is 2.03. The fourth-order valence-corrected chi connectivity index (χ4v) is 3.30. The Morgan fingerprint density at radius 2 is 2.27 bits per heavy atom. The van der Waals surface area contributed by atoms with E-state index in [9.17, 15) is 8.42 Å². The highest BCUT2D eigenvalue weighted by Gasteiger charge is 2.45. The molecular weight excluding hydrogens is 308 g/mol. The van der Waals surface area contributed by atoms with Gasteiger partial charge in [-0.25, -0.2) is 13.6 Å². The van der Waals surface area contributed by atoms with Crippen LogP contribution in [0.3, 0.4) is 0 Å². The van der Waals surface area contributed by atoms with Gasteiger partial charge in [0.2, 0.25) is 15.7 Å². The number of nitrogens with two attached hydrogens (primary N) is 1. The Kier molecular flexibility index (Phi) is 3.63. The third kappa shape index (κ3) is 2.47. The molecule has 4 N–H and O–H groups in total. The van der Waals surface area contributed by atoms with E-state index in [0.29, 0.717) is 18.7 Å². The van der Waals surface area contributed by atoms with E-state index in [-0.39, 0.29) is 10.6 Å². The summed E-state index contributed by atoms with van der Waals surface area (Å²) in [4.78, 5) is 5.33. The van der Waals surface area contributed by atoms with Gasteiger partial charge in [0.1, 0.15) is 11.2 Å². The fraction of sp³-hybridized carbons (Fsp3) is 0.385. The molecule has 0 aliphatic carbocycles. The second kappa shape index (κ2) is 5.34. The Labute approximate surface area is 128 Å². The number of primary sulfonamides is 1. The van der Waals surface area contributed by atoms with Crippen molar-refractivity contribution in [3.8, 4) is 5.75 Å². The van der Waals surface area contributed by atoms with Crippen molar-refractivity contribution >= 4 is 15.7 Å². The lowest BCUT2D eigenvalue weighted by Gasteiger charge is -2.43. The summed E-state index contributed by atoms with van der Waals surface area (Å²) < 4.78 is 29.7. The van der Waals surface area contributed by atoms with Crippen LogP contribution in [0.15, 0.2) is 35.6 Å². The first-order chi connectivity index (χ1) is 10.5. The monoisotopic (exact) mass is 326 g/mol. The third-order valence-electron chi connectivity index (χ3n) is 3.57. The Morgan fingerprint density at radius 3 is 2.91 bits per heavy atom. The molecule has 0 saturated heterocycles. The summed E-state index contributed by atoms with van der Waals surface area (Å²) in [5, 5.41) is 9.95. The minimum Gasteiger partial charge on any atom is -0.462 e. The van der Waals surface area contributed by atoms with Gasteiger partial charge in [0, 0.05) is 6.42 Å². The van der Waals surface area contributed by atoms with Gasteiger partial charge in [-0.1, -0.05) is 19.4 Å². The molecule has 1 unspecified atom stereocenters. The van der Waals surface area contributed by atoms with Crippen LogP contribution in [0.2, 0.25) is 0 Å². The first kappa shape index (κ1) is 14.9. The SMILES string of the molecule is CCCC1(N2NC=CO2)CNc2cccc(S(N)(=O)=O)c2O1. The summed E-state index contributed by atoms with van der Waals surface area (Å²) in [6.07, 6.45) is 4.55. The third-order valence-corrected chi connectivity index (χ3v) is 4.50. The molecule has 1 aromatic rings. The lowest BCUT2D eigenvalue weighted by molar-refractivity contribution is -0.262. The van der Waals surface area contributed by atoms with Gasteiger partial charge in [0.25, 0.3) is 0 Å². The fourth-order valence-electron chi connectivity index (χ4n) is 2.62. The number of hydrazine groups is 1. The predicted octanol–water partition coefficient (Wildman–Crippen LogP) is 0.858. The molecule has 2 aliphatic rings. The first-order valence-corrected chi connectivity index (χ1v) is 8.48. The molecule has 3 rings (SSSR count). The van der Waals surface area contributed by atoms with Crippen molar-refractivity contribution in [1.29, 1.82) is 0 Å². The molecule has 0 saturated carbocycles. The van der Waals surface area contributed by atoms with Crippen LogP contribution in [-0.4, -0.2) is 25.9 Å². The lowest BCUT2D eigenvalue weighted by atomic mass is 10.1. The van der Waals surface area contributed by atoms with E-state index in [1.54, 1.807) is 18.3 Å². The number of nitrogens with zero attached hydrogens (tertiary/aromatic N) is 1. The van der Waals surface area contributed by atoms with Gasteiger partial charge in [0.05, 0.1) is 18.4 Å². The summed E-state index contributed by atoms with van der Waals surface area (Å²) in [7, 11) is -3.89. The van der Waals surface area contributed by atoms with E-state index in [1.807, 2.05) is 6.92 Å². The average Bonchev–Trinajstić information content (AvgIpc) is 3.00. The number of hydroxylamine groups is 1. The zero-order valence-electron chi connectivity index (χ0n) is 12.1. The number of anilines is 1. The van der Waals surface area contributed by atoms with Gasteiger partial charge in [-0.15, -0.1) is 0 Å². The lowest BCUT2D eigenvalue weighted by Crippen LogP contribution is -2.61. The highest BCUT2D eigenvalue weighted by molar-refractivity contribution is 7.89. The van der Waals surface area contributed by atoms with Gasteiger partial charge >= 0.3 is 0 Å². The topological polar surface area (TPSA) is 106 Å². The predicted molar refractivity (Wildman–Crippen MR) is 79.8 cm³/mol. The van der Waals surface area contributed by atoms with E-state index in [0.717, 1.165) is 6.42 Å².